The van der Waals surface area contributed by atoms with Crippen LogP contribution in [0.5, 0.6) is 0 Å². The Bertz CT molecular complexity index is 1110. The first-order chi connectivity index (χ1) is 15.9. The minimum atomic E-state index is -0.450. The summed E-state index contributed by atoms with van der Waals surface area (Å²) in [6.07, 6.45) is 1.80. The second-order valence-corrected chi connectivity index (χ2v) is 10.2. The molecule has 2 aromatic carbocycles. The van der Waals surface area contributed by atoms with Gasteiger partial charge in [0.2, 0.25) is 0 Å². The van der Waals surface area contributed by atoms with Gasteiger partial charge in [-0.2, -0.15) is 0 Å². The molecule has 33 heavy (non-hydrogen) atoms. The van der Waals surface area contributed by atoms with E-state index in [1.54, 1.807) is 0 Å². The van der Waals surface area contributed by atoms with Crippen molar-refractivity contribution in [1.82, 2.24) is 9.88 Å². The van der Waals surface area contributed by atoms with E-state index < -0.39 is 5.60 Å². The molecule has 170 valence electrons. The largest absolute Gasteiger partial charge is 0.444 e. The van der Waals surface area contributed by atoms with E-state index >= 15 is 0 Å². The molecule has 2 aliphatic heterocycles. The number of amides is 1. The Hall–Kier alpha value is -3.34. The molecule has 3 heterocycles. The summed E-state index contributed by atoms with van der Waals surface area (Å²) in [5.74, 6) is 0.972. The maximum Gasteiger partial charge on any atom is 0.410 e. The van der Waals surface area contributed by atoms with E-state index in [1.165, 1.54) is 11.1 Å². The third kappa shape index (κ3) is 4.72. The molecule has 5 rings (SSSR count). The standard InChI is InChI=1S/C28H31N3O2/c1-28(2,3)33-27(32)31-18-23-16-30(17-24(23)19-31)25-12-13-26(29-15-25)22-11-7-10-21(14-22)20-8-5-4-6-9-20/h4-15,23-24H,16-19H2,1-3H3/t23-,24+. The van der Waals surface area contributed by atoms with Gasteiger partial charge in [0.05, 0.1) is 17.6 Å². The molecule has 2 fully saturated rings. The zero-order valence-corrected chi connectivity index (χ0v) is 19.6. The second kappa shape index (κ2) is 8.54. The Balaban J connectivity index is 1.24. The van der Waals surface area contributed by atoms with Crippen LogP contribution >= 0.6 is 0 Å². The number of benzene rings is 2. The quantitative estimate of drug-likeness (QED) is 0.522. The molecule has 0 N–H and O–H groups in total. The smallest absolute Gasteiger partial charge is 0.410 e. The Labute approximate surface area is 196 Å². The molecular weight excluding hydrogens is 410 g/mol. The number of pyridine rings is 1. The number of fused-ring (bicyclic) bond motifs is 1. The Morgan fingerprint density at radius 2 is 1.52 bits per heavy atom. The van der Waals surface area contributed by atoms with Crippen molar-refractivity contribution in [3.8, 4) is 22.4 Å². The lowest BCUT2D eigenvalue weighted by Gasteiger charge is -2.26. The number of anilines is 1. The van der Waals surface area contributed by atoms with E-state index in [0.29, 0.717) is 11.8 Å². The van der Waals surface area contributed by atoms with Crippen molar-refractivity contribution in [3.05, 3.63) is 72.9 Å². The van der Waals surface area contributed by atoms with E-state index in [1.807, 2.05) is 37.9 Å². The van der Waals surface area contributed by atoms with Crippen LogP contribution in [0.3, 0.4) is 0 Å². The zero-order valence-electron chi connectivity index (χ0n) is 19.6. The van der Waals surface area contributed by atoms with Crippen molar-refractivity contribution < 1.29 is 9.53 Å². The highest BCUT2D eigenvalue weighted by atomic mass is 16.6. The first-order valence-electron chi connectivity index (χ1n) is 11.7. The maximum atomic E-state index is 12.4. The third-order valence-electron chi connectivity index (χ3n) is 6.52. The Morgan fingerprint density at radius 1 is 0.848 bits per heavy atom. The summed E-state index contributed by atoms with van der Waals surface area (Å²) in [6, 6.07) is 23.2. The van der Waals surface area contributed by atoms with Gasteiger partial charge in [0.1, 0.15) is 5.60 Å². The average molecular weight is 442 g/mol. The Kier molecular flexibility index (Phi) is 5.57. The molecule has 2 aliphatic rings. The fourth-order valence-electron chi connectivity index (χ4n) is 4.91. The third-order valence-corrected chi connectivity index (χ3v) is 6.52. The van der Waals surface area contributed by atoms with Crippen molar-refractivity contribution in [2.45, 2.75) is 26.4 Å². The second-order valence-electron chi connectivity index (χ2n) is 10.2. The van der Waals surface area contributed by atoms with Crippen LogP contribution in [0, 0.1) is 11.8 Å². The first kappa shape index (κ1) is 21.5. The fraction of sp³-hybridized carbons (Fsp3) is 0.357. The highest BCUT2D eigenvalue weighted by molar-refractivity contribution is 5.72. The number of hydrogen-bond donors (Lipinski definition) is 0. The molecule has 1 amide bonds. The molecule has 0 unspecified atom stereocenters. The Morgan fingerprint density at radius 3 is 2.15 bits per heavy atom. The molecular formula is C28H31N3O2. The number of aromatic nitrogens is 1. The van der Waals surface area contributed by atoms with Gasteiger partial charge in [-0.25, -0.2) is 4.79 Å². The number of nitrogens with zero attached hydrogens (tertiary/aromatic N) is 3. The van der Waals surface area contributed by atoms with E-state index in [-0.39, 0.29) is 6.09 Å². The number of hydrogen-bond acceptors (Lipinski definition) is 4. The monoisotopic (exact) mass is 441 g/mol. The minimum absolute atomic E-state index is 0.188. The van der Waals surface area contributed by atoms with Gasteiger partial charge in [0, 0.05) is 43.6 Å². The summed E-state index contributed by atoms with van der Waals surface area (Å²) < 4.78 is 5.55. The molecule has 0 radical (unpaired) electrons. The van der Waals surface area contributed by atoms with Gasteiger partial charge in [-0.15, -0.1) is 0 Å². The van der Waals surface area contributed by atoms with E-state index in [4.69, 9.17) is 9.72 Å². The summed E-state index contributed by atoms with van der Waals surface area (Å²) in [5, 5.41) is 0. The van der Waals surface area contributed by atoms with Crippen molar-refractivity contribution in [2.75, 3.05) is 31.1 Å². The van der Waals surface area contributed by atoms with Crippen molar-refractivity contribution in [3.63, 3.8) is 0 Å². The van der Waals surface area contributed by atoms with Gasteiger partial charge in [0.25, 0.3) is 0 Å². The van der Waals surface area contributed by atoms with Gasteiger partial charge in [-0.3, -0.25) is 4.98 Å². The molecule has 5 nitrogen and oxygen atoms in total. The summed E-state index contributed by atoms with van der Waals surface area (Å²) in [7, 11) is 0. The van der Waals surface area contributed by atoms with Crippen molar-refractivity contribution >= 4 is 11.8 Å². The van der Waals surface area contributed by atoms with Crippen LogP contribution in [-0.4, -0.2) is 47.8 Å². The fourth-order valence-corrected chi connectivity index (χ4v) is 4.91. The van der Waals surface area contributed by atoms with E-state index in [2.05, 4.69) is 65.6 Å². The molecule has 0 saturated carbocycles. The van der Waals surface area contributed by atoms with Gasteiger partial charge < -0.3 is 14.5 Å². The molecule has 5 heteroatoms. The molecule has 1 aromatic heterocycles. The summed E-state index contributed by atoms with van der Waals surface area (Å²) in [5.41, 5.74) is 5.20. The van der Waals surface area contributed by atoms with Crippen molar-refractivity contribution in [2.24, 2.45) is 11.8 Å². The van der Waals surface area contributed by atoms with Crippen LogP contribution in [0.4, 0.5) is 10.5 Å². The van der Waals surface area contributed by atoms with Crippen LogP contribution in [0.25, 0.3) is 22.4 Å². The number of carbonyl (C=O) groups excluding carboxylic acids is 1. The molecule has 2 saturated heterocycles. The topological polar surface area (TPSA) is 45.7 Å². The van der Waals surface area contributed by atoms with Crippen LogP contribution in [-0.2, 0) is 4.74 Å². The number of carbonyl (C=O) groups is 1. The van der Waals surface area contributed by atoms with Crippen LogP contribution in [0.1, 0.15) is 20.8 Å². The number of likely N-dealkylation sites (tertiary alicyclic amines) is 1. The maximum absolute atomic E-state index is 12.4. The van der Waals surface area contributed by atoms with Crippen LogP contribution in [0.2, 0.25) is 0 Å². The predicted molar refractivity (Wildman–Crippen MR) is 132 cm³/mol. The summed E-state index contributed by atoms with van der Waals surface area (Å²) in [6.45, 7) is 9.19. The first-order valence-corrected chi connectivity index (χ1v) is 11.7. The zero-order chi connectivity index (χ0) is 23.0. The van der Waals surface area contributed by atoms with E-state index in [9.17, 15) is 4.79 Å². The normalized spacial score (nSPS) is 20.1. The molecule has 2 atom stereocenters. The van der Waals surface area contributed by atoms with E-state index in [0.717, 1.165) is 43.1 Å². The highest BCUT2D eigenvalue weighted by Gasteiger charge is 2.42. The average Bonchev–Trinajstić information content (AvgIpc) is 3.39. The van der Waals surface area contributed by atoms with Crippen molar-refractivity contribution in [1.29, 1.82) is 0 Å². The van der Waals surface area contributed by atoms with Gasteiger partial charge in [-0.1, -0.05) is 48.5 Å². The predicted octanol–water partition coefficient (Wildman–Crippen LogP) is 5.72. The number of ether oxygens (including phenoxy) is 1. The molecule has 0 spiro atoms. The lowest BCUT2D eigenvalue weighted by Crippen LogP contribution is -2.37. The molecule has 3 aromatic rings. The molecule has 0 aliphatic carbocycles. The minimum Gasteiger partial charge on any atom is -0.444 e. The number of rotatable bonds is 3. The SMILES string of the molecule is CC(C)(C)OC(=O)N1C[C@@H]2CN(c3ccc(-c4cccc(-c5ccccc5)c4)nc3)C[C@@H]2C1. The lowest BCUT2D eigenvalue weighted by molar-refractivity contribution is 0.0282. The summed E-state index contributed by atoms with van der Waals surface area (Å²) >= 11 is 0. The van der Waals surface area contributed by atoms with Crippen LogP contribution < -0.4 is 4.90 Å². The lowest BCUT2D eigenvalue weighted by atomic mass is 10.0. The van der Waals surface area contributed by atoms with Gasteiger partial charge >= 0.3 is 6.09 Å². The van der Waals surface area contributed by atoms with Gasteiger partial charge in [-0.05, 0) is 50.1 Å². The van der Waals surface area contributed by atoms with Crippen LogP contribution in [0.15, 0.2) is 72.9 Å². The highest BCUT2D eigenvalue weighted by Crippen LogP contribution is 2.35. The summed E-state index contributed by atoms with van der Waals surface area (Å²) in [4.78, 5) is 21.5. The molecule has 0 bridgehead atoms. The van der Waals surface area contributed by atoms with Gasteiger partial charge in [0.15, 0.2) is 0 Å².